The van der Waals surface area contributed by atoms with Crippen LogP contribution in [0.5, 0.6) is 0 Å². The fourth-order valence-corrected chi connectivity index (χ4v) is 2.50. The van der Waals surface area contributed by atoms with Crippen LogP contribution in [-0.2, 0) is 11.3 Å². The van der Waals surface area contributed by atoms with E-state index in [9.17, 15) is 4.79 Å². The minimum atomic E-state index is -0.0453. The first-order valence-corrected chi connectivity index (χ1v) is 6.90. The van der Waals surface area contributed by atoms with Gasteiger partial charge in [0.2, 0.25) is 0 Å². The molecule has 2 heterocycles. The Hall–Kier alpha value is -1.91. The zero-order valence-electron chi connectivity index (χ0n) is 11.3. The highest BCUT2D eigenvalue weighted by Crippen LogP contribution is 2.17. The van der Waals surface area contributed by atoms with Crippen LogP contribution in [0.3, 0.4) is 0 Å². The van der Waals surface area contributed by atoms with Crippen molar-refractivity contribution in [1.29, 1.82) is 0 Å². The highest BCUT2D eigenvalue weighted by molar-refractivity contribution is 5.62. The first-order chi connectivity index (χ1) is 9.83. The van der Waals surface area contributed by atoms with E-state index >= 15 is 0 Å². The van der Waals surface area contributed by atoms with Crippen molar-refractivity contribution in [1.82, 2.24) is 9.88 Å². The molecule has 4 heteroatoms. The Morgan fingerprint density at radius 2 is 2.00 bits per heavy atom. The van der Waals surface area contributed by atoms with E-state index in [1.165, 1.54) is 5.56 Å². The monoisotopic (exact) mass is 270 g/mol. The lowest BCUT2D eigenvalue weighted by Gasteiger charge is -2.26. The molecule has 0 bridgehead atoms. The van der Waals surface area contributed by atoms with E-state index in [-0.39, 0.29) is 5.56 Å². The summed E-state index contributed by atoms with van der Waals surface area (Å²) < 4.78 is 5.36. The highest BCUT2D eigenvalue weighted by Gasteiger charge is 2.11. The summed E-state index contributed by atoms with van der Waals surface area (Å²) in [6, 6.07) is 11.9. The number of benzene rings is 1. The van der Waals surface area contributed by atoms with E-state index < -0.39 is 0 Å². The molecule has 0 atom stereocenters. The molecule has 1 saturated heterocycles. The van der Waals surface area contributed by atoms with Gasteiger partial charge in [-0.3, -0.25) is 9.69 Å². The van der Waals surface area contributed by atoms with Crippen LogP contribution < -0.4 is 5.56 Å². The first kappa shape index (κ1) is 13.1. The Labute approximate surface area is 118 Å². The summed E-state index contributed by atoms with van der Waals surface area (Å²) in [6.45, 7) is 4.45. The number of H-pyrrole nitrogens is 1. The lowest BCUT2D eigenvalue weighted by molar-refractivity contribution is 0.0342. The highest BCUT2D eigenvalue weighted by atomic mass is 16.5. The summed E-state index contributed by atoms with van der Waals surface area (Å²) in [4.78, 5) is 16.9. The molecule has 1 aliphatic rings. The number of hydrogen-bond acceptors (Lipinski definition) is 3. The van der Waals surface area contributed by atoms with Gasteiger partial charge in [0.05, 0.1) is 13.2 Å². The molecule has 0 saturated carbocycles. The van der Waals surface area contributed by atoms with E-state index in [4.69, 9.17) is 4.74 Å². The second-order valence-corrected chi connectivity index (χ2v) is 5.00. The number of hydrogen-bond donors (Lipinski definition) is 1. The molecule has 0 amide bonds. The Kier molecular flexibility index (Phi) is 3.95. The molecule has 4 nitrogen and oxygen atoms in total. The number of pyridine rings is 1. The van der Waals surface area contributed by atoms with E-state index in [1.54, 1.807) is 6.20 Å². The van der Waals surface area contributed by atoms with Crippen molar-refractivity contribution in [3.05, 3.63) is 58.5 Å². The van der Waals surface area contributed by atoms with Crippen molar-refractivity contribution in [3.8, 4) is 11.1 Å². The minimum Gasteiger partial charge on any atom is -0.379 e. The number of nitrogens with zero attached hydrogens (tertiary/aromatic N) is 1. The summed E-state index contributed by atoms with van der Waals surface area (Å²) in [6.07, 6.45) is 1.66. The molecule has 20 heavy (non-hydrogen) atoms. The van der Waals surface area contributed by atoms with Crippen LogP contribution in [0.15, 0.2) is 47.4 Å². The van der Waals surface area contributed by atoms with E-state index in [1.807, 2.05) is 24.3 Å². The number of aromatic nitrogens is 1. The van der Waals surface area contributed by atoms with E-state index in [0.717, 1.165) is 44.0 Å². The van der Waals surface area contributed by atoms with Gasteiger partial charge in [0.15, 0.2) is 0 Å². The van der Waals surface area contributed by atoms with E-state index in [0.29, 0.717) is 0 Å². The van der Waals surface area contributed by atoms with Crippen LogP contribution >= 0.6 is 0 Å². The molecule has 1 aromatic heterocycles. The third kappa shape index (κ3) is 2.98. The molecule has 0 aliphatic carbocycles. The molecule has 2 aromatic rings. The van der Waals surface area contributed by atoms with Gasteiger partial charge in [-0.05, 0) is 29.3 Å². The van der Waals surface area contributed by atoms with Gasteiger partial charge in [-0.1, -0.05) is 18.2 Å². The number of ether oxygens (including phenoxy) is 1. The number of morpholine rings is 1. The third-order valence-corrected chi connectivity index (χ3v) is 3.57. The summed E-state index contributed by atoms with van der Waals surface area (Å²) in [7, 11) is 0. The summed E-state index contributed by atoms with van der Waals surface area (Å²) in [5.74, 6) is 0. The normalized spacial score (nSPS) is 16.2. The lowest BCUT2D eigenvalue weighted by Crippen LogP contribution is -2.35. The van der Waals surface area contributed by atoms with Crippen molar-refractivity contribution < 1.29 is 4.74 Å². The maximum Gasteiger partial charge on any atom is 0.255 e. The number of aromatic amines is 1. The topological polar surface area (TPSA) is 45.3 Å². The number of nitrogens with one attached hydrogen (secondary N) is 1. The van der Waals surface area contributed by atoms with Crippen LogP contribution in [0.4, 0.5) is 0 Å². The second kappa shape index (κ2) is 6.03. The Morgan fingerprint density at radius 3 is 2.80 bits per heavy atom. The van der Waals surface area contributed by atoms with Crippen molar-refractivity contribution in [2.24, 2.45) is 0 Å². The fourth-order valence-electron chi connectivity index (χ4n) is 2.50. The minimum absolute atomic E-state index is 0.0453. The zero-order valence-corrected chi connectivity index (χ0v) is 11.3. The van der Waals surface area contributed by atoms with Gasteiger partial charge in [-0.15, -0.1) is 0 Å². The SMILES string of the molecule is O=c1[nH]cccc1-c1cccc(CN2CCOCC2)c1. The van der Waals surface area contributed by atoms with Crippen molar-refractivity contribution in [2.75, 3.05) is 26.3 Å². The second-order valence-electron chi connectivity index (χ2n) is 5.00. The van der Waals surface area contributed by atoms with Gasteiger partial charge in [-0.25, -0.2) is 0 Å². The van der Waals surface area contributed by atoms with Crippen LogP contribution in [0, 0.1) is 0 Å². The Morgan fingerprint density at radius 1 is 1.15 bits per heavy atom. The molecule has 0 unspecified atom stereocenters. The van der Waals surface area contributed by atoms with Gasteiger partial charge in [0.1, 0.15) is 0 Å². The largest absolute Gasteiger partial charge is 0.379 e. The predicted octanol–water partition coefficient (Wildman–Crippen LogP) is 1.87. The lowest BCUT2D eigenvalue weighted by atomic mass is 10.0. The van der Waals surface area contributed by atoms with Crippen molar-refractivity contribution in [3.63, 3.8) is 0 Å². The molecule has 3 rings (SSSR count). The molecule has 1 aromatic carbocycles. The standard InChI is InChI=1S/C16H18N2O2/c19-16-15(5-2-6-17-16)14-4-1-3-13(11-14)12-18-7-9-20-10-8-18/h1-6,11H,7-10,12H2,(H,17,19). The zero-order chi connectivity index (χ0) is 13.8. The molecular formula is C16H18N2O2. The summed E-state index contributed by atoms with van der Waals surface area (Å²) >= 11 is 0. The van der Waals surface area contributed by atoms with Crippen molar-refractivity contribution >= 4 is 0 Å². The summed E-state index contributed by atoms with van der Waals surface area (Å²) in [5, 5.41) is 0. The molecular weight excluding hydrogens is 252 g/mol. The van der Waals surface area contributed by atoms with Crippen molar-refractivity contribution in [2.45, 2.75) is 6.54 Å². The quantitative estimate of drug-likeness (QED) is 0.926. The van der Waals surface area contributed by atoms with Gasteiger partial charge in [0.25, 0.3) is 5.56 Å². The van der Waals surface area contributed by atoms with E-state index in [2.05, 4.69) is 22.0 Å². The fraction of sp³-hybridized carbons (Fsp3) is 0.312. The molecule has 0 spiro atoms. The average molecular weight is 270 g/mol. The van der Waals surface area contributed by atoms with Gasteiger partial charge in [0, 0.05) is 31.4 Å². The molecule has 1 aliphatic heterocycles. The number of rotatable bonds is 3. The Balaban J connectivity index is 1.82. The van der Waals surface area contributed by atoms with Gasteiger partial charge >= 0.3 is 0 Å². The first-order valence-electron chi connectivity index (χ1n) is 6.90. The van der Waals surface area contributed by atoms with Crippen LogP contribution in [0.2, 0.25) is 0 Å². The molecule has 1 N–H and O–H groups in total. The Bertz CT molecular complexity index is 630. The smallest absolute Gasteiger partial charge is 0.255 e. The maximum absolute atomic E-state index is 11.8. The van der Waals surface area contributed by atoms with Gasteiger partial charge < -0.3 is 9.72 Å². The predicted molar refractivity (Wildman–Crippen MR) is 78.6 cm³/mol. The molecule has 104 valence electrons. The molecule has 0 radical (unpaired) electrons. The maximum atomic E-state index is 11.8. The molecule has 1 fully saturated rings. The van der Waals surface area contributed by atoms with Gasteiger partial charge in [-0.2, -0.15) is 0 Å². The average Bonchev–Trinajstić information content (AvgIpc) is 2.49. The van der Waals surface area contributed by atoms with Crippen LogP contribution in [-0.4, -0.2) is 36.2 Å². The summed E-state index contributed by atoms with van der Waals surface area (Å²) in [5.41, 5.74) is 2.87. The third-order valence-electron chi connectivity index (χ3n) is 3.57. The van der Waals surface area contributed by atoms with Crippen LogP contribution in [0.1, 0.15) is 5.56 Å². The van der Waals surface area contributed by atoms with Crippen LogP contribution in [0.25, 0.3) is 11.1 Å².